The highest BCUT2D eigenvalue weighted by atomic mass is 16.5. The predicted molar refractivity (Wildman–Crippen MR) is 66.6 cm³/mol. The maximum Gasteiger partial charge on any atom is 0.0609 e. The maximum atomic E-state index is 10.1. The van der Waals surface area contributed by atoms with Crippen LogP contribution in [0.1, 0.15) is 37.7 Å². The summed E-state index contributed by atoms with van der Waals surface area (Å²) in [5, 5.41) is 10.1. The molecule has 0 saturated carbocycles. The van der Waals surface area contributed by atoms with Gasteiger partial charge in [-0.3, -0.25) is 0 Å². The summed E-state index contributed by atoms with van der Waals surface area (Å²) in [5.41, 5.74) is 1.23. The lowest BCUT2D eigenvalue weighted by molar-refractivity contribution is 0.111. The van der Waals surface area contributed by atoms with E-state index in [4.69, 9.17) is 4.74 Å². The van der Waals surface area contributed by atoms with Crippen LogP contribution in [0.2, 0.25) is 0 Å². The first kappa shape index (κ1) is 13.2. The standard InChI is InChI=1S/C14H22O2/c1-3-13(12-8-5-4-6-9-12)14(15)10-7-11-16-2/h4-6,8-9,13-15H,3,7,10-11H2,1-2H3. The zero-order chi connectivity index (χ0) is 11.8. The van der Waals surface area contributed by atoms with Gasteiger partial charge in [-0.25, -0.2) is 0 Å². The summed E-state index contributed by atoms with van der Waals surface area (Å²) in [6.45, 7) is 2.85. The van der Waals surface area contributed by atoms with Gasteiger partial charge in [-0.05, 0) is 24.8 Å². The van der Waals surface area contributed by atoms with Crippen molar-refractivity contribution in [1.29, 1.82) is 0 Å². The van der Waals surface area contributed by atoms with Gasteiger partial charge in [0, 0.05) is 19.6 Å². The molecule has 0 fully saturated rings. The van der Waals surface area contributed by atoms with Crippen LogP contribution in [0.15, 0.2) is 30.3 Å². The zero-order valence-electron chi connectivity index (χ0n) is 10.2. The molecule has 2 nitrogen and oxygen atoms in total. The van der Waals surface area contributed by atoms with Gasteiger partial charge in [0.25, 0.3) is 0 Å². The van der Waals surface area contributed by atoms with Gasteiger partial charge in [0.05, 0.1) is 6.10 Å². The number of hydrogen-bond acceptors (Lipinski definition) is 2. The molecule has 0 saturated heterocycles. The molecule has 0 aliphatic rings. The first-order valence-corrected chi connectivity index (χ1v) is 6.01. The number of aliphatic hydroxyl groups excluding tert-OH is 1. The lowest BCUT2D eigenvalue weighted by Gasteiger charge is -2.22. The Bertz CT molecular complexity index is 271. The SMILES string of the molecule is CCC(c1ccccc1)C(O)CCCOC. The topological polar surface area (TPSA) is 29.5 Å². The van der Waals surface area contributed by atoms with Crippen LogP contribution in [0, 0.1) is 0 Å². The molecular weight excluding hydrogens is 200 g/mol. The lowest BCUT2D eigenvalue weighted by Crippen LogP contribution is -2.18. The van der Waals surface area contributed by atoms with Crippen molar-refractivity contribution in [3.8, 4) is 0 Å². The number of methoxy groups -OCH3 is 1. The smallest absolute Gasteiger partial charge is 0.0609 e. The van der Waals surface area contributed by atoms with E-state index in [1.54, 1.807) is 7.11 Å². The average molecular weight is 222 g/mol. The largest absolute Gasteiger partial charge is 0.392 e. The van der Waals surface area contributed by atoms with E-state index in [2.05, 4.69) is 19.1 Å². The van der Waals surface area contributed by atoms with Crippen LogP contribution in [0.4, 0.5) is 0 Å². The Morgan fingerprint density at radius 1 is 1.25 bits per heavy atom. The number of hydrogen-bond donors (Lipinski definition) is 1. The first-order chi connectivity index (χ1) is 7.79. The molecule has 0 aromatic heterocycles. The van der Waals surface area contributed by atoms with E-state index >= 15 is 0 Å². The number of rotatable bonds is 7. The van der Waals surface area contributed by atoms with Gasteiger partial charge in [-0.1, -0.05) is 37.3 Å². The highest BCUT2D eigenvalue weighted by molar-refractivity contribution is 5.20. The van der Waals surface area contributed by atoms with Crippen molar-refractivity contribution < 1.29 is 9.84 Å². The van der Waals surface area contributed by atoms with Gasteiger partial charge in [-0.15, -0.1) is 0 Å². The Balaban J connectivity index is 2.53. The molecule has 0 aliphatic heterocycles. The van der Waals surface area contributed by atoms with E-state index in [0.717, 1.165) is 25.9 Å². The second kappa shape index (κ2) is 7.42. The molecular formula is C14H22O2. The van der Waals surface area contributed by atoms with Crippen molar-refractivity contribution >= 4 is 0 Å². The zero-order valence-corrected chi connectivity index (χ0v) is 10.2. The normalized spacial score (nSPS) is 14.7. The molecule has 1 aromatic rings. The van der Waals surface area contributed by atoms with Gasteiger partial charge in [0.1, 0.15) is 0 Å². The Kier molecular flexibility index (Phi) is 6.12. The van der Waals surface area contributed by atoms with Crippen molar-refractivity contribution in [3.63, 3.8) is 0 Å². The minimum atomic E-state index is -0.262. The fourth-order valence-corrected chi connectivity index (χ4v) is 2.07. The van der Waals surface area contributed by atoms with Crippen molar-refractivity contribution in [2.45, 2.75) is 38.2 Å². The van der Waals surface area contributed by atoms with Crippen LogP contribution in [0.5, 0.6) is 0 Å². The fourth-order valence-electron chi connectivity index (χ4n) is 2.07. The van der Waals surface area contributed by atoms with Crippen LogP contribution >= 0.6 is 0 Å². The molecule has 2 unspecified atom stereocenters. The summed E-state index contributed by atoms with van der Waals surface area (Å²) in [5.74, 6) is 0.248. The van der Waals surface area contributed by atoms with E-state index < -0.39 is 0 Å². The third kappa shape index (κ3) is 3.95. The minimum Gasteiger partial charge on any atom is -0.392 e. The summed E-state index contributed by atoms with van der Waals surface area (Å²) < 4.78 is 5.00. The van der Waals surface area contributed by atoms with Crippen molar-refractivity contribution in [1.82, 2.24) is 0 Å². The average Bonchev–Trinajstić information content (AvgIpc) is 2.32. The van der Waals surface area contributed by atoms with Crippen molar-refractivity contribution in [3.05, 3.63) is 35.9 Å². The first-order valence-electron chi connectivity index (χ1n) is 6.01. The molecule has 0 radical (unpaired) electrons. The van der Waals surface area contributed by atoms with Gasteiger partial charge in [0.15, 0.2) is 0 Å². The van der Waals surface area contributed by atoms with E-state index in [-0.39, 0.29) is 12.0 Å². The fraction of sp³-hybridized carbons (Fsp3) is 0.571. The summed E-state index contributed by atoms with van der Waals surface area (Å²) in [6, 6.07) is 10.2. The van der Waals surface area contributed by atoms with Gasteiger partial charge >= 0.3 is 0 Å². The number of aliphatic hydroxyl groups is 1. The van der Waals surface area contributed by atoms with E-state index in [1.165, 1.54) is 5.56 Å². The van der Waals surface area contributed by atoms with Gasteiger partial charge in [0.2, 0.25) is 0 Å². The van der Waals surface area contributed by atoms with Crippen LogP contribution < -0.4 is 0 Å². The van der Waals surface area contributed by atoms with Gasteiger partial charge < -0.3 is 9.84 Å². The number of benzene rings is 1. The summed E-state index contributed by atoms with van der Waals surface area (Å²) >= 11 is 0. The van der Waals surface area contributed by atoms with E-state index in [9.17, 15) is 5.11 Å². The van der Waals surface area contributed by atoms with Crippen molar-refractivity contribution in [2.24, 2.45) is 0 Å². The Hall–Kier alpha value is -0.860. The van der Waals surface area contributed by atoms with Crippen LogP contribution in [0.25, 0.3) is 0 Å². The monoisotopic (exact) mass is 222 g/mol. The highest BCUT2D eigenvalue weighted by Gasteiger charge is 2.18. The molecule has 0 spiro atoms. The lowest BCUT2D eigenvalue weighted by atomic mass is 9.89. The molecule has 2 heteroatoms. The van der Waals surface area contributed by atoms with Crippen LogP contribution in [-0.2, 0) is 4.74 Å². The minimum absolute atomic E-state index is 0.248. The maximum absolute atomic E-state index is 10.1. The molecule has 0 heterocycles. The summed E-state index contributed by atoms with van der Waals surface area (Å²) in [4.78, 5) is 0. The Morgan fingerprint density at radius 3 is 2.50 bits per heavy atom. The Morgan fingerprint density at radius 2 is 1.94 bits per heavy atom. The molecule has 0 aliphatic carbocycles. The molecule has 1 N–H and O–H groups in total. The van der Waals surface area contributed by atoms with Crippen LogP contribution in [0.3, 0.4) is 0 Å². The molecule has 1 aromatic carbocycles. The summed E-state index contributed by atoms with van der Waals surface area (Å²) in [6.07, 6.45) is 2.43. The third-order valence-corrected chi connectivity index (χ3v) is 2.98. The molecule has 0 amide bonds. The second-order valence-electron chi connectivity index (χ2n) is 4.13. The summed E-state index contributed by atoms with van der Waals surface area (Å²) in [7, 11) is 1.70. The molecule has 2 atom stereocenters. The molecule has 16 heavy (non-hydrogen) atoms. The second-order valence-corrected chi connectivity index (χ2v) is 4.13. The molecule has 1 rings (SSSR count). The van der Waals surface area contributed by atoms with Crippen molar-refractivity contribution in [2.75, 3.05) is 13.7 Å². The quantitative estimate of drug-likeness (QED) is 0.719. The molecule has 0 bridgehead atoms. The predicted octanol–water partition coefficient (Wildman–Crippen LogP) is 2.97. The van der Waals surface area contributed by atoms with E-state index in [0.29, 0.717) is 0 Å². The molecule has 90 valence electrons. The highest BCUT2D eigenvalue weighted by Crippen LogP contribution is 2.25. The Labute approximate surface area is 98.3 Å². The van der Waals surface area contributed by atoms with E-state index in [1.807, 2.05) is 18.2 Å². The third-order valence-electron chi connectivity index (χ3n) is 2.98. The number of ether oxygens (including phenoxy) is 1. The van der Waals surface area contributed by atoms with Gasteiger partial charge in [-0.2, -0.15) is 0 Å². The van der Waals surface area contributed by atoms with Crippen LogP contribution in [-0.4, -0.2) is 24.9 Å².